The van der Waals surface area contributed by atoms with Crippen molar-refractivity contribution < 1.29 is 9.59 Å². The molecule has 1 aromatic rings. The van der Waals surface area contributed by atoms with E-state index < -0.39 is 5.41 Å². The number of nitrogens with zero attached hydrogens (tertiary/aromatic N) is 2. The van der Waals surface area contributed by atoms with Crippen LogP contribution in [-0.2, 0) is 4.79 Å². The highest BCUT2D eigenvalue weighted by molar-refractivity contribution is 6.15. The van der Waals surface area contributed by atoms with Crippen LogP contribution in [-0.4, -0.2) is 21.6 Å². The molecule has 0 bridgehead atoms. The van der Waals surface area contributed by atoms with E-state index in [4.69, 9.17) is 0 Å². The van der Waals surface area contributed by atoms with Crippen LogP contribution in [0.2, 0.25) is 0 Å². The van der Waals surface area contributed by atoms with E-state index in [2.05, 4.69) is 10.4 Å². The Bertz CT molecular complexity index is 443. The van der Waals surface area contributed by atoms with E-state index in [9.17, 15) is 9.59 Å². The molecule has 1 aliphatic heterocycles. The molecule has 1 N–H and O–H groups in total. The summed E-state index contributed by atoms with van der Waals surface area (Å²) in [4.78, 5) is 24.1. The number of hydrogen-bond donors (Lipinski definition) is 1. The van der Waals surface area contributed by atoms with Crippen LogP contribution in [0.3, 0.4) is 0 Å². The molecule has 0 aromatic carbocycles. The van der Waals surface area contributed by atoms with Crippen LogP contribution in [0.25, 0.3) is 0 Å². The fourth-order valence-corrected chi connectivity index (χ4v) is 2.52. The quantitative estimate of drug-likeness (QED) is 0.643. The second-order valence-corrected chi connectivity index (χ2v) is 4.18. The predicted octanol–water partition coefficient (Wildman–Crippen LogP) is 1.04. The number of carbonyl (C=O) groups is 2. The summed E-state index contributed by atoms with van der Waals surface area (Å²) < 4.78 is 1.31. The monoisotopic (exact) mass is 205 g/mol. The molecule has 0 atom stereocenters. The van der Waals surface area contributed by atoms with Gasteiger partial charge in [0.05, 0.1) is 6.20 Å². The highest BCUT2D eigenvalue weighted by Gasteiger charge is 2.52. The van der Waals surface area contributed by atoms with Crippen molar-refractivity contribution in [1.29, 1.82) is 0 Å². The Balaban J connectivity index is 2.13. The van der Waals surface area contributed by atoms with Crippen LogP contribution in [0.1, 0.15) is 30.5 Å². The first kappa shape index (κ1) is 8.64. The molecule has 2 heterocycles. The molecular weight excluding hydrogens is 194 g/mol. The summed E-state index contributed by atoms with van der Waals surface area (Å²) in [6, 6.07) is 1.64. The number of aromatic nitrogens is 2. The summed E-state index contributed by atoms with van der Waals surface area (Å²) in [5, 5.41) is 6.69. The topological polar surface area (TPSA) is 64.0 Å². The average Bonchev–Trinajstić information content (AvgIpc) is 2.83. The Hall–Kier alpha value is -1.65. The summed E-state index contributed by atoms with van der Waals surface area (Å²) in [6.07, 6.45) is 4.71. The first-order chi connectivity index (χ1) is 7.24. The summed E-state index contributed by atoms with van der Waals surface area (Å²) in [5.74, 6) is 0.171. The molecule has 1 fully saturated rings. The summed E-state index contributed by atoms with van der Waals surface area (Å²) in [6.45, 7) is 0. The lowest BCUT2D eigenvalue weighted by Crippen LogP contribution is -2.48. The zero-order valence-electron chi connectivity index (χ0n) is 8.19. The molecule has 78 valence electrons. The van der Waals surface area contributed by atoms with E-state index in [-0.39, 0.29) is 11.8 Å². The van der Waals surface area contributed by atoms with Gasteiger partial charge in [0.1, 0.15) is 11.2 Å². The van der Waals surface area contributed by atoms with E-state index in [1.807, 2.05) is 0 Å². The van der Waals surface area contributed by atoms with Gasteiger partial charge in [-0.15, -0.1) is 0 Å². The Kier molecular flexibility index (Phi) is 1.55. The molecule has 0 unspecified atom stereocenters. The lowest BCUT2D eigenvalue weighted by atomic mass is 9.83. The number of nitrogens with one attached hydrogen (secondary N) is 1. The van der Waals surface area contributed by atoms with E-state index >= 15 is 0 Å². The molecule has 2 aliphatic rings. The van der Waals surface area contributed by atoms with Crippen molar-refractivity contribution in [3.63, 3.8) is 0 Å². The fraction of sp³-hybridized carbons (Fsp3) is 0.500. The molecule has 5 nitrogen and oxygen atoms in total. The summed E-state index contributed by atoms with van der Waals surface area (Å²) in [5.41, 5.74) is -0.834. The molecule has 1 spiro atoms. The van der Waals surface area contributed by atoms with Gasteiger partial charge in [-0.3, -0.25) is 9.59 Å². The molecule has 3 rings (SSSR count). The van der Waals surface area contributed by atoms with Crippen molar-refractivity contribution in [1.82, 2.24) is 9.78 Å². The van der Waals surface area contributed by atoms with Gasteiger partial charge in [0.25, 0.3) is 5.91 Å². The zero-order valence-corrected chi connectivity index (χ0v) is 8.19. The van der Waals surface area contributed by atoms with Gasteiger partial charge in [0.2, 0.25) is 5.91 Å². The van der Waals surface area contributed by atoms with Crippen molar-refractivity contribution in [2.75, 3.05) is 5.32 Å². The lowest BCUT2D eigenvalue weighted by Gasteiger charge is -2.30. The third-order valence-corrected chi connectivity index (χ3v) is 3.38. The molecule has 0 saturated heterocycles. The van der Waals surface area contributed by atoms with Gasteiger partial charge in [-0.25, -0.2) is 0 Å². The first-order valence-electron chi connectivity index (χ1n) is 5.14. The van der Waals surface area contributed by atoms with Crippen LogP contribution in [0.5, 0.6) is 0 Å². The van der Waals surface area contributed by atoms with Crippen LogP contribution >= 0.6 is 0 Å². The van der Waals surface area contributed by atoms with Crippen LogP contribution in [0, 0.1) is 5.41 Å². The van der Waals surface area contributed by atoms with Crippen molar-refractivity contribution >= 4 is 17.6 Å². The minimum Gasteiger partial charge on any atom is -0.310 e. The summed E-state index contributed by atoms with van der Waals surface area (Å²) >= 11 is 0. The molecule has 15 heavy (non-hydrogen) atoms. The van der Waals surface area contributed by atoms with Crippen molar-refractivity contribution in [2.45, 2.75) is 25.7 Å². The van der Waals surface area contributed by atoms with Gasteiger partial charge in [-0.1, -0.05) is 12.8 Å². The minimum atomic E-state index is -0.834. The maximum atomic E-state index is 12.2. The maximum Gasteiger partial charge on any atom is 0.264 e. The third kappa shape index (κ3) is 0.948. The molecule has 1 saturated carbocycles. The van der Waals surface area contributed by atoms with E-state index in [0.29, 0.717) is 18.7 Å². The van der Waals surface area contributed by atoms with Crippen LogP contribution < -0.4 is 5.32 Å². The average molecular weight is 205 g/mol. The van der Waals surface area contributed by atoms with Crippen LogP contribution in [0.15, 0.2) is 12.3 Å². The van der Waals surface area contributed by atoms with E-state index in [0.717, 1.165) is 12.8 Å². The predicted molar refractivity (Wildman–Crippen MR) is 52.4 cm³/mol. The van der Waals surface area contributed by atoms with Gasteiger partial charge in [0, 0.05) is 6.07 Å². The molecule has 1 aromatic heterocycles. The SMILES string of the molecule is O=C1Nc2ccnn2C(=O)C12CCCC2. The van der Waals surface area contributed by atoms with Crippen molar-refractivity contribution in [3.8, 4) is 0 Å². The smallest absolute Gasteiger partial charge is 0.264 e. The second kappa shape index (κ2) is 2.68. The molecular formula is C10H11N3O2. The second-order valence-electron chi connectivity index (χ2n) is 4.18. The Labute approximate surface area is 86.5 Å². The number of rotatable bonds is 0. The van der Waals surface area contributed by atoms with Crippen LogP contribution in [0.4, 0.5) is 5.82 Å². The zero-order chi connectivity index (χ0) is 10.5. The minimum absolute atomic E-state index is 0.155. The van der Waals surface area contributed by atoms with E-state index in [1.165, 1.54) is 10.9 Å². The maximum absolute atomic E-state index is 12.2. The number of hydrogen-bond acceptors (Lipinski definition) is 3. The van der Waals surface area contributed by atoms with Crippen molar-refractivity contribution in [3.05, 3.63) is 12.3 Å². The largest absolute Gasteiger partial charge is 0.310 e. The number of amides is 1. The van der Waals surface area contributed by atoms with E-state index in [1.54, 1.807) is 6.07 Å². The van der Waals surface area contributed by atoms with Gasteiger partial charge in [-0.2, -0.15) is 9.78 Å². The molecule has 1 amide bonds. The van der Waals surface area contributed by atoms with Crippen molar-refractivity contribution in [2.24, 2.45) is 5.41 Å². The molecule has 1 aliphatic carbocycles. The summed E-state index contributed by atoms with van der Waals surface area (Å²) in [7, 11) is 0. The Morgan fingerprint density at radius 2 is 2.07 bits per heavy atom. The Morgan fingerprint density at radius 1 is 1.33 bits per heavy atom. The van der Waals surface area contributed by atoms with Gasteiger partial charge < -0.3 is 5.32 Å². The van der Waals surface area contributed by atoms with Gasteiger partial charge >= 0.3 is 0 Å². The number of carbonyl (C=O) groups excluding carboxylic acids is 2. The van der Waals surface area contributed by atoms with Gasteiger partial charge in [0.15, 0.2) is 0 Å². The lowest BCUT2D eigenvalue weighted by molar-refractivity contribution is -0.123. The fourth-order valence-electron chi connectivity index (χ4n) is 2.52. The van der Waals surface area contributed by atoms with Gasteiger partial charge in [-0.05, 0) is 12.8 Å². The molecule has 0 radical (unpaired) electrons. The first-order valence-corrected chi connectivity index (χ1v) is 5.14. The number of anilines is 1. The standard InChI is InChI=1S/C10H11N3O2/c14-8-10(4-1-2-5-10)9(15)13-7(12-8)3-6-11-13/h3,6H,1-2,4-5H2,(H,12,14). The highest BCUT2D eigenvalue weighted by atomic mass is 16.2. The number of fused-ring (bicyclic) bond motifs is 1. The molecule has 5 heteroatoms. The normalized spacial score (nSPS) is 22.9. The third-order valence-electron chi connectivity index (χ3n) is 3.38. The highest BCUT2D eigenvalue weighted by Crippen LogP contribution is 2.42. The Morgan fingerprint density at radius 3 is 2.80 bits per heavy atom.